The van der Waals surface area contributed by atoms with Crippen LogP contribution in [0, 0.1) is 11.3 Å². The summed E-state index contributed by atoms with van der Waals surface area (Å²) in [6.45, 7) is 0. The Bertz CT molecular complexity index is 364. The molecule has 1 aromatic rings. The second-order valence-corrected chi connectivity index (χ2v) is 2.37. The summed E-state index contributed by atoms with van der Waals surface area (Å²) in [5.41, 5.74) is 3.08. The smallest absolute Gasteiger partial charge is 0.251 e. The molecule has 0 aliphatic heterocycles. The van der Waals surface area contributed by atoms with Gasteiger partial charge in [0.15, 0.2) is 6.29 Å². The van der Waals surface area contributed by atoms with Crippen LogP contribution in [0.2, 0.25) is 0 Å². The second kappa shape index (κ2) is 3.06. The van der Waals surface area contributed by atoms with Gasteiger partial charge in [-0.3, -0.25) is 9.89 Å². The first-order valence-electron chi connectivity index (χ1n) is 3.34. The molecule has 1 heterocycles. The molecule has 1 amide bonds. The number of carbonyl (C=O) groups is 2. The fourth-order valence-electron chi connectivity index (χ4n) is 0.871. The summed E-state index contributed by atoms with van der Waals surface area (Å²) in [6, 6.07) is 2.90. The minimum atomic E-state index is -1.95. The molecule has 66 valence electrons. The zero-order valence-corrected chi connectivity index (χ0v) is 6.52. The molecule has 0 bridgehead atoms. The SMILES string of the molecule is N#CC(C=O)(C(N)=O)c1ccn[nH]1. The number of H-pyrrole nitrogens is 1. The number of amides is 1. The lowest BCUT2D eigenvalue weighted by atomic mass is 9.87. The average molecular weight is 178 g/mol. The van der Waals surface area contributed by atoms with Crippen LogP contribution in [0.5, 0.6) is 0 Å². The van der Waals surface area contributed by atoms with Crippen LogP contribution in [0.3, 0.4) is 0 Å². The van der Waals surface area contributed by atoms with Gasteiger partial charge in [-0.15, -0.1) is 0 Å². The number of hydrogen-bond acceptors (Lipinski definition) is 4. The minimum absolute atomic E-state index is 0.0810. The van der Waals surface area contributed by atoms with Gasteiger partial charge in [-0.05, 0) is 6.07 Å². The van der Waals surface area contributed by atoms with Crippen LogP contribution in [0.1, 0.15) is 5.69 Å². The highest BCUT2D eigenvalue weighted by molar-refractivity contribution is 6.05. The fourth-order valence-corrected chi connectivity index (χ4v) is 0.871. The molecule has 0 aliphatic carbocycles. The zero-order chi connectivity index (χ0) is 9.90. The Morgan fingerprint density at radius 3 is 2.85 bits per heavy atom. The lowest BCUT2D eigenvalue weighted by Crippen LogP contribution is -2.41. The maximum atomic E-state index is 10.9. The maximum absolute atomic E-state index is 10.9. The van der Waals surface area contributed by atoms with Gasteiger partial charge in [0, 0.05) is 6.20 Å². The first-order chi connectivity index (χ1) is 6.17. The van der Waals surface area contributed by atoms with Crippen molar-refractivity contribution in [3.63, 3.8) is 0 Å². The molecular weight excluding hydrogens is 172 g/mol. The van der Waals surface area contributed by atoms with Crippen LogP contribution in [0.4, 0.5) is 0 Å². The van der Waals surface area contributed by atoms with Crippen LogP contribution in [0.15, 0.2) is 12.3 Å². The molecule has 0 fully saturated rings. The Kier molecular flexibility index (Phi) is 2.11. The van der Waals surface area contributed by atoms with E-state index in [4.69, 9.17) is 11.0 Å². The van der Waals surface area contributed by atoms with E-state index in [1.165, 1.54) is 12.3 Å². The lowest BCUT2D eigenvalue weighted by Gasteiger charge is -2.12. The van der Waals surface area contributed by atoms with Crippen molar-refractivity contribution in [2.24, 2.45) is 5.73 Å². The molecule has 6 nitrogen and oxygen atoms in total. The van der Waals surface area contributed by atoms with Crippen molar-refractivity contribution in [3.05, 3.63) is 18.0 Å². The van der Waals surface area contributed by atoms with E-state index < -0.39 is 11.3 Å². The topological polar surface area (TPSA) is 113 Å². The highest BCUT2D eigenvalue weighted by atomic mass is 16.2. The second-order valence-electron chi connectivity index (χ2n) is 2.37. The van der Waals surface area contributed by atoms with Crippen LogP contribution in [0.25, 0.3) is 0 Å². The Morgan fingerprint density at radius 1 is 1.85 bits per heavy atom. The average Bonchev–Trinajstić information content (AvgIpc) is 2.60. The van der Waals surface area contributed by atoms with E-state index in [-0.39, 0.29) is 12.0 Å². The van der Waals surface area contributed by atoms with Gasteiger partial charge in [-0.1, -0.05) is 0 Å². The molecule has 6 heteroatoms. The predicted molar refractivity (Wildman–Crippen MR) is 41.1 cm³/mol. The highest BCUT2D eigenvalue weighted by Gasteiger charge is 2.40. The van der Waals surface area contributed by atoms with Crippen molar-refractivity contribution in [1.29, 1.82) is 5.26 Å². The number of nitrogens with one attached hydrogen (secondary N) is 1. The van der Waals surface area contributed by atoms with E-state index in [2.05, 4.69) is 10.2 Å². The van der Waals surface area contributed by atoms with Crippen LogP contribution in [-0.4, -0.2) is 22.4 Å². The van der Waals surface area contributed by atoms with Crippen molar-refractivity contribution in [2.75, 3.05) is 0 Å². The summed E-state index contributed by atoms with van der Waals surface area (Å²) in [7, 11) is 0. The summed E-state index contributed by atoms with van der Waals surface area (Å²) < 4.78 is 0. The molecular formula is C7H6N4O2. The number of carbonyl (C=O) groups excluding carboxylic acids is 2. The lowest BCUT2D eigenvalue weighted by molar-refractivity contribution is -0.126. The van der Waals surface area contributed by atoms with E-state index in [1.807, 2.05) is 0 Å². The monoisotopic (exact) mass is 178 g/mol. The number of aromatic nitrogens is 2. The van der Waals surface area contributed by atoms with Crippen molar-refractivity contribution in [3.8, 4) is 6.07 Å². The van der Waals surface area contributed by atoms with E-state index >= 15 is 0 Å². The zero-order valence-electron chi connectivity index (χ0n) is 6.52. The van der Waals surface area contributed by atoms with Crippen LogP contribution < -0.4 is 5.73 Å². The van der Waals surface area contributed by atoms with Crippen molar-refractivity contribution in [2.45, 2.75) is 5.41 Å². The molecule has 0 saturated carbocycles. The molecule has 1 rings (SSSR count). The Morgan fingerprint density at radius 2 is 2.54 bits per heavy atom. The summed E-state index contributed by atoms with van der Waals surface area (Å²) in [5, 5.41) is 14.6. The molecule has 13 heavy (non-hydrogen) atoms. The van der Waals surface area contributed by atoms with E-state index in [0.717, 1.165) is 0 Å². The van der Waals surface area contributed by atoms with Crippen LogP contribution in [-0.2, 0) is 15.0 Å². The van der Waals surface area contributed by atoms with Crippen molar-refractivity contribution in [1.82, 2.24) is 10.2 Å². The highest BCUT2D eigenvalue weighted by Crippen LogP contribution is 2.17. The summed E-state index contributed by atoms with van der Waals surface area (Å²) in [4.78, 5) is 21.5. The number of aromatic amines is 1. The summed E-state index contributed by atoms with van der Waals surface area (Å²) in [6.07, 6.45) is 1.52. The molecule has 0 aliphatic rings. The first kappa shape index (κ1) is 8.93. The van der Waals surface area contributed by atoms with Gasteiger partial charge in [0.25, 0.3) is 5.91 Å². The van der Waals surface area contributed by atoms with Crippen molar-refractivity contribution >= 4 is 12.2 Å². The fraction of sp³-hybridized carbons (Fsp3) is 0.143. The van der Waals surface area contributed by atoms with E-state index in [9.17, 15) is 9.59 Å². The number of nitriles is 1. The Balaban J connectivity index is 3.29. The van der Waals surface area contributed by atoms with Gasteiger partial charge in [0.1, 0.15) is 0 Å². The summed E-state index contributed by atoms with van der Waals surface area (Å²) >= 11 is 0. The number of nitrogens with zero attached hydrogens (tertiary/aromatic N) is 2. The maximum Gasteiger partial charge on any atom is 0.251 e. The number of nitrogens with two attached hydrogens (primary N) is 1. The third-order valence-corrected chi connectivity index (χ3v) is 1.67. The Labute approximate surface area is 73.3 Å². The molecule has 0 radical (unpaired) electrons. The van der Waals surface area contributed by atoms with E-state index in [0.29, 0.717) is 0 Å². The predicted octanol–water partition coefficient (Wildman–Crippen LogP) is -1.14. The molecule has 1 unspecified atom stereocenters. The molecule has 1 aromatic heterocycles. The number of aldehydes is 1. The van der Waals surface area contributed by atoms with Gasteiger partial charge in [0.05, 0.1) is 11.8 Å². The number of hydrogen-bond donors (Lipinski definition) is 2. The normalized spacial score (nSPS) is 14.1. The minimum Gasteiger partial charge on any atom is -0.368 e. The Hall–Kier alpha value is -2.16. The van der Waals surface area contributed by atoms with Gasteiger partial charge >= 0.3 is 0 Å². The van der Waals surface area contributed by atoms with Crippen LogP contribution >= 0.6 is 0 Å². The first-order valence-corrected chi connectivity index (χ1v) is 3.34. The largest absolute Gasteiger partial charge is 0.368 e. The van der Waals surface area contributed by atoms with Gasteiger partial charge in [-0.2, -0.15) is 10.4 Å². The van der Waals surface area contributed by atoms with Crippen molar-refractivity contribution < 1.29 is 9.59 Å². The van der Waals surface area contributed by atoms with Gasteiger partial charge < -0.3 is 10.5 Å². The molecule has 0 spiro atoms. The third kappa shape index (κ3) is 1.16. The molecule has 3 N–H and O–H groups in total. The quantitative estimate of drug-likeness (QED) is 0.449. The number of rotatable bonds is 3. The van der Waals surface area contributed by atoms with Gasteiger partial charge in [-0.25, -0.2) is 0 Å². The molecule has 1 atom stereocenters. The third-order valence-electron chi connectivity index (χ3n) is 1.67. The standard InChI is InChI=1S/C7H6N4O2/c8-3-7(4-12,6(9)13)5-1-2-10-11-5/h1-2,4H,(H2,9,13)(H,10,11). The molecule has 0 aromatic carbocycles. The van der Waals surface area contributed by atoms with E-state index in [1.54, 1.807) is 6.07 Å². The number of primary amides is 1. The molecule has 0 saturated heterocycles. The summed E-state index contributed by atoms with van der Waals surface area (Å²) in [5.74, 6) is -1.02. The van der Waals surface area contributed by atoms with Gasteiger partial charge in [0.2, 0.25) is 5.41 Å².